The van der Waals surface area contributed by atoms with E-state index in [2.05, 4.69) is 24.2 Å². The average Bonchev–Trinajstić information content (AvgIpc) is 2.86. The minimum atomic E-state index is -0.347. The normalized spacial score (nSPS) is 17.6. The summed E-state index contributed by atoms with van der Waals surface area (Å²) in [5.41, 5.74) is 4.41. The molecule has 1 heterocycles. The van der Waals surface area contributed by atoms with E-state index in [-0.39, 0.29) is 6.10 Å². The minimum absolute atomic E-state index is 0.347. The van der Waals surface area contributed by atoms with E-state index in [1.807, 2.05) is 23.9 Å². The summed E-state index contributed by atoms with van der Waals surface area (Å²) in [7, 11) is 1.94. The second-order valence-electron chi connectivity index (χ2n) is 5.66. The minimum Gasteiger partial charge on any atom is -0.487 e. The van der Waals surface area contributed by atoms with Gasteiger partial charge in [0, 0.05) is 7.05 Å². The van der Waals surface area contributed by atoms with Gasteiger partial charge in [-0.3, -0.25) is 4.68 Å². The molecule has 4 heteroatoms. The Bertz CT molecular complexity index is 634. The molecule has 21 heavy (non-hydrogen) atoms. The largest absolute Gasteiger partial charge is 0.487 e. The van der Waals surface area contributed by atoms with Crippen LogP contribution < -0.4 is 4.74 Å². The fraction of sp³-hybridized carbons (Fsp3) is 0.471. The Labute approximate surface area is 125 Å². The van der Waals surface area contributed by atoms with Gasteiger partial charge in [-0.25, -0.2) is 0 Å². The van der Waals surface area contributed by atoms with E-state index in [0.717, 1.165) is 48.4 Å². The van der Waals surface area contributed by atoms with Crippen molar-refractivity contribution < 1.29 is 9.84 Å². The Morgan fingerprint density at radius 3 is 3.00 bits per heavy atom. The molecule has 0 saturated carbocycles. The van der Waals surface area contributed by atoms with Gasteiger partial charge in [-0.15, -0.1) is 0 Å². The third-order valence-electron chi connectivity index (χ3n) is 4.18. The average molecular weight is 286 g/mol. The number of hydrogen-bond donors (Lipinski definition) is 1. The number of aromatic nitrogens is 2. The smallest absolute Gasteiger partial charge is 0.130 e. The van der Waals surface area contributed by atoms with Crippen LogP contribution in [0, 0.1) is 0 Å². The van der Waals surface area contributed by atoms with Gasteiger partial charge in [0.25, 0.3) is 0 Å². The SMILES string of the molecule is CCc1cc(COc2ccc3c(c2)[C@@H](O)CCC3)n(C)n1. The van der Waals surface area contributed by atoms with Crippen LogP contribution in [0.15, 0.2) is 24.3 Å². The number of aliphatic hydroxyl groups excluding tert-OH is 1. The zero-order chi connectivity index (χ0) is 14.8. The maximum absolute atomic E-state index is 10.1. The lowest BCUT2D eigenvalue weighted by molar-refractivity contribution is 0.156. The number of aliphatic hydroxyl groups is 1. The van der Waals surface area contributed by atoms with Crippen molar-refractivity contribution in [1.82, 2.24) is 9.78 Å². The lowest BCUT2D eigenvalue weighted by atomic mass is 9.89. The first kappa shape index (κ1) is 14.1. The van der Waals surface area contributed by atoms with Gasteiger partial charge in [-0.2, -0.15) is 5.10 Å². The molecule has 0 bridgehead atoms. The molecule has 1 aromatic heterocycles. The van der Waals surface area contributed by atoms with Crippen molar-refractivity contribution >= 4 is 0 Å². The van der Waals surface area contributed by atoms with Crippen LogP contribution in [0.3, 0.4) is 0 Å². The molecule has 0 unspecified atom stereocenters. The predicted molar refractivity (Wildman–Crippen MR) is 81.3 cm³/mol. The Morgan fingerprint density at radius 2 is 2.24 bits per heavy atom. The summed E-state index contributed by atoms with van der Waals surface area (Å²) in [6, 6.07) is 8.13. The first-order chi connectivity index (χ1) is 10.2. The molecule has 0 amide bonds. The first-order valence-electron chi connectivity index (χ1n) is 7.63. The predicted octanol–water partition coefficient (Wildman–Crippen LogP) is 2.93. The van der Waals surface area contributed by atoms with Gasteiger partial charge >= 0.3 is 0 Å². The maximum atomic E-state index is 10.1. The van der Waals surface area contributed by atoms with Gasteiger partial charge in [-0.05, 0) is 55.0 Å². The van der Waals surface area contributed by atoms with Crippen LogP contribution in [-0.4, -0.2) is 14.9 Å². The number of rotatable bonds is 4. The van der Waals surface area contributed by atoms with Crippen molar-refractivity contribution in [3.8, 4) is 5.75 Å². The molecule has 1 N–H and O–H groups in total. The Kier molecular flexibility index (Phi) is 3.97. The molecule has 0 radical (unpaired) electrons. The van der Waals surface area contributed by atoms with Crippen molar-refractivity contribution in [3.63, 3.8) is 0 Å². The summed E-state index contributed by atoms with van der Waals surface area (Å²) >= 11 is 0. The van der Waals surface area contributed by atoms with Crippen molar-refractivity contribution in [2.24, 2.45) is 7.05 Å². The molecule has 1 aliphatic carbocycles. The fourth-order valence-electron chi connectivity index (χ4n) is 2.88. The molecule has 3 rings (SSSR count). The molecule has 1 atom stereocenters. The van der Waals surface area contributed by atoms with Crippen LogP contribution in [0.5, 0.6) is 5.75 Å². The maximum Gasteiger partial charge on any atom is 0.130 e. The lowest BCUT2D eigenvalue weighted by Crippen LogP contribution is -2.09. The van der Waals surface area contributed by atoms with Crippen LogP contribution in [-0.2, 0) is 26.5 Å². The van der Waals surface area contributed by atoms with Gasteiger partial charge in [0.1, 0.15) is 12.4 Å². The monoisotopic (exact) mass is 286 g/mol. The standard InChI is InChI=1S/C17H22N2O2/c1-3-13-9-14(19(2)18-13)11-21-15-8-7-12-5-4-6-17(20)16(12)10-15/h7-10,17,20H,3-6,11H2,1-2H3/t17-/m0/s1. The van der Waals surface area contributed by atoms with E-state index in [1.165, 1.54) is 5.56 Å². The molecule has 1 aromatic carbocycles. The van der Waals surface area contributed by atoms with E-state index in [0.29, 0.717) is 6.61 Å². The van der Waals surface area contributed by atoms with Crippen LogP contribution in [0.25, 0.3) is 0 Å². The number of hydrogen-bond acceptors (Lipinski definition) is 3. The highest BCUT2D eigenvalue weighted by Crippen LogP contribution is 2.32. The second-order valence-corrected chi connectivity index (χ2v) is 5.66. The van der Waals surface area contributed by atoms with E-state index < -0.39 is 0 Å². The first-order valence-corrected chi connectivity index (χ1v) is 7.63. The summed E-state index contributed by atoms with van der Waals surface area (Å²) < 4.78 is 7.74. The third-order valence-corrected chi connectivity index (χ3v) is 4.18. The van der Waals surface area contributed by atoms with E-state index >= 15 is 0 Å². The molecular formula is C17H22N2O2. The highest BCUT2D eigenvalue weighted by molar-refractivity contribution is 5.38. The van der Waals surface area contributed by atoms with E-state index in [9.17, 15) is 5.11 Å². The topological polar surface area (TPSA) is 47.3 Å². The molecule has 4 nitrogen and oxygen atoms in total. The summed E-state index contributed by atoms with van der Waals surface area (Å²) in [5, 5.41) is 14.5. The summed E-state index contributed by atoms with van der Waals surface area (Å²) in [6.07, 6.45) is 3.54. The molecule has 1 aliphatic rings. The zero-order valence-corrected chi connectivity index (χ0v) is 12.7. The van der Waals surface area contributed by atoms with Crippen LogP contribution in [0.1, 0.15) is 48.4 Å². The summed E-state index contributed by atoms with van der Waals surface area (Å²) in [5.74, 6) is 0.814. The van der Waals surface area contributed by atoms with Gasteiger partial charge < -0.3 is 9.84 Å². The highest BCUT2D eigenvalue weighted by Gasteiger charge is 2.18. The van der Waals surface area contributed by atoms with Crippen LogP contribution >= 0.6 is 0 Å². The van der Waals surface area contributed by atoms with E-state index in [1.54, 1.807) is 0 Å². The second kappa shape index (κ2) is 5.90. The molecule has 0 aliphatic heterocycles. The fourth-order valence-corrected chi connectivity index (χ4v) is 2.88. The molecule has 0 saturated heterocycles. The van der Waals surface area contributed by atoms with Gasteiger partial charge in [0.05, 0.1) is 17.5 Å². The van der Waals surface area contributed by atoms with Gasteiger partial charge in [0.15, 0.2) is 0 Å². The quantitative estimate of drug-likeness (QED) is 0.940. The molecular weight excluding hydrogens is 264 g/mol. The number of aryl methyl sites for hydroxylation is 3. The zero-order valence-electron chi connectivity index (χ0n) is 12.7. The summed E-state index contributed by atoms with van der Waals surface area (Å²) in [4.78, 5) is 0. The van der Waals surface area contributed by atoms with Crippen LogP contribution in [0.4, 0.5) is 0 Å². The Hall–Kier alpha value is -1.81. The number of nitrogens with zero attached hydrogens (tertiary/aromatic N) is 2. The number of fused-ring (bicyclic) bond motifs is 1. The van der Waals surface area contributed by atoms with Crippen molar-refractivity contribution in [3.05, 3.63) is 46.8 Å². The molecule has 0 fully saturated rings. The molecule has 0 spiro atoms. The lowest BCUT2D eigenvalue weighted by Gasteiger charge is -2.22. The Morgan fingerprint density at radius 1 is 1.38 bits per heavy atom. The molecule has 112 valence electrons. The summed E-state index contributed by atoms with van der Waals surface area (Å²) in [6.45, 7) is 2.59. The Balaban J connectivity index is 1.73. The third kappa shape index (κ3) is 2.95. The van der Waals surface area contributed by atoms with Crippen molar-refractivity contribution in [1.29, 1.82) is 0 Å². The van der Waals surface area contributed by atoms with Crippen molar-refractivity contribution in [2.75, 3.05) is 0 Å². The van der Waals surface area contributed by atoms with Gasteiger partial charge in [-0.1, -0.05) is 13.0 Å². The number of benzene rings is 1. The van der Waals surface area contributed by atoms with E-state index in [4.69, 9.17) is 4.74 Å². The van der Waals surface area contributed by atoms with Crippen molar-refractivity contribution in [2.45, 2.75) is 45.3 Å². The van der Waals surface area contributed by atoms with Crippen LogP contribution in [0.2, 0.25) is 0 Å². The van der Waals surface area contributed by atoms with Gasteiger partial charge in [0.2, 0.25) is 0 Å². The number of ether oxygens (including phenoxy) is 1. The molecule has 2 aromatic rings. The highest BCUT2D eigenvalue weighted by atomic mass is 16.5.